The number of hydrogen-bond acceptors (Lipinski definition) is 3. The summed E-state index contributed by atoms with van der Waals surface area (Å²) in [5.74, 6) is 0. The van der Waals surface area contributed by atoms with Gasteiger partial charge in [0.2, 0.25) is 0 Å². The third-order valence-corrected chi connectivity index (χ3v) is 5.26. The Bertz CT molecular complexity index is 454. The van der Waals surface area contributed by atoms with Crippen LogP contribution in [0.25, 0.3) is 0 Å². The second-order valence-electron chi connectivity index (χ2n) is 6.32. The van der Waals surface area contributed by atoms with Gasteiger partial charge in [-0.25, -0.2) is 0 Å². The molecule has 0 saturated heterocycles. The molecule has 0 amide bonds. The molecule has 1 aromatic rings. The highest BCUT2D eigenvalue weighted by molar-refractivity contribution is 5.31. The minimum atomic E-state index is 0.203. The van der Waals surface area contributed by atoms with Crippen LogP contribution >= 0.6 is 0 Å². The summed E-state index contributed by atoms with van der Waals surface area (Å²) in [5.41, 5.74) is 9.11. The first-order chi connectivity index (χ1) is 9.75. The third kappa shape index (κ3) is 2.50. The van der Waals surface area contributed by atoms with Gasteiger partial charge in [0, 0.05) is 18.6 Å². The van der Waals surface area contributed by atoms with Gasteiger partial charge in [0.15, 0.2) is 0 Å². The van der Waals surface area contributed by atoms with E-state index in [2.05, 4.69) is 36.2 Å². The fraction of sp³-hybridized carbons (Fsp3) is 0.647. The number of benzene rings is 1. The summed E-state index contributed by atoms with van der Waals surface area (Å²) in [5, 5.41) is 0. The van der Waals surface area contributed by atoms with E-state index in [4.69, 9.17) is 10.5 Å². The molecule has 110 valence electrons. The van der Waals surface area contributed by atoms with Gasteiger partial charge in [0.25, 0.3) is 0 Å². The standard InChI is InChI=1S/C17H26N2O/c1-19(17(13-18)9-4-5-10-17)12-16-15-7-3-2-6-14(15)8-11-20-16/h2-3,6-7,16H,4-5,8-13,18H2,1H3. The molecule has 1 atom stereocenters. The Morgan fingerprint density at radius 1 is 1.30 bits per heavy atom. The van der Waals surface area contributed by atoms with Gasteiger partial charge in [-0.2, -0.15) is 0 Å². The molecule has 0 radical (unpaired) electrons. The van der Waals surface area contributed by atoms with Gasteiger partial charge in [0.05, 0.1) is 12.7 Å². The zero-order valence-corrected chi connectivity index (χ0v) is 12.5. The van der Waals surface area contributed by atoms with Crippen LogP contribution in [0.1, 0.15) is 42.9 Å². The number of rotatable bonds is 4. The van der Waals surface area contributed by atoms with Crippen molar-refractivity contribution < 1.29 is 4.74 Å². The summed E-state index contributed by atoms with van der Waals surface area (Å²) < 4.78 is 6.04. The second kappa shape index (κ2) is 5.84. The average Bonchev–Trinajstić information content (AvgIpc) is 2.98. The molecule has 3 heteroatoms. The van der Waals surface area contributed by atoms with Crippen LogP contribution in [0.4, 0.5) is 0 Å². The highest BCUT2D eigenvalue weighted by Gasteiger charge is 2.37. The molecule has 1 aromatic carbocycles. The van der Waals surface area contributed by atoms with E-state index in [1.807, 2.05) is 0 Å². The van der Waals surface area contributed by atoms with Crippen LogP contribution in [0.3, 0.4) is 0 Å². The lowest BCUT2D eigenvalue weighted by Crippen LogP contribution is -2.51. The average molecular weight is 274 g/mol. The van der Waals surface area contributed by atoms with Gasteiger partial charge in [-0.1, -0.05) is 37.1 Å². The van der Waals surface area contributed by atoms with Crippen molar-refractivity contribution in [3.05, 3.63) is 35.4 Å². The van der Waals surface area contributed by atoms with Crippen molar-refractivity contribution in [1.82, 2.24) is 4.90 Å². The number of ether oxygens (including phenoxy) is 1. The molecule has 2 aliphatic rings. The molecule has 1 unspecified atom stereocenters. The van der Waals surface area contributed by atoms with Gasteiger partial charge in [-0.05, 0) is 37.4 Å². The van der Waals surface area contributed by atoms with E-state index in [1.165, 1.54) is 36.8 Å². The maximum atomic E-state index is 6.09. The Kier molecular flexibility index (Phi) is 4.11. The Balaban J connectivity index is 1.75. The first-order valence-electron chi connectivity index (χ1n) is 7.86. The lowest BCUT2D eigenvalue weighted by molar-refractivity contribution is -0.00428. The lowest BCUT2D eigenvalue weighted by atomic mass is 9.93. The Hall–Kier alpha value is -0.900. The third-order valence-electron chi connectivity index (χ3n) is 5.26. The molecule has 1 heterocycles. The highest BCUT2D eigenvalue weighted by Crippen LogP contribution is 2.36. The van der Waals surface area contributed by atoms with E-state index in [1.54, 1.807) is 0 Å². The SMILES string of the molecule is CN(CC1OCCc2ccccc21)C1(CN)CCCC1. The van der Waals surface area contributed by atoms with Gasteiger partial charge in [0.1, 0.15) is 0 Å². The Morgan fingerprint density at radius 3 is 2.80 bits per heavy atom. The van der Waals surface area contributed by atoms with E-state index in [9.17, 15) is 0 Å². The van der Waals surface area contributed by atoms with Crippen LogP contribution in [0.2, 0.25) is 0 Å². The molecular formula is C17H26N2O. The largest absolute Gasteiger partial charge is 0.372 e. The van der Waals surface area contributed by atoms with Gasteiger partial charge in [-0.3, -0.25) is 4.90 Å². The molecule has 1 fully saturated rings. The molecule has 0 bridgehead atoms. The minimum Gasteiger partial charge on any atom is -0.372 e. The van der Waals surface area contributed by atoms with Crippen LogP contribution in [0.15, 0.2) is 24.3 Å². The van der Waals surface area contributed by atoms with E-state index in [-0.39, 0.29) is 11.6 Å². The topological polar surface area (TPSA) is 38.5 Å². The monoisotopic (exact) mass is 274 g/mol. The smallest absolute Gasteiger partial charge is 0.0954 e. The quantitative estimate of drug-likeness (QED) is 0.917. The maximum absolute atomic E-state index is 6.09. The molecule has 2 N–H and O–H groups in total. The summed E-state index contributed by atoms with van der Waals surface area (Å²) >= 11 is 0. The number of hydrogen-bond donors (Lipinski definition) is 1. The van der Waals surface area contributed by atoms with Crippen molar-refractivity contribution in [2.75, 3.05) is 26.7 Å². The lowest BCUT2D eigenvalue weighted by Gasteiger charge is -2.40. The van der Waals surface area contributed by atoms with Crippen LogP contribution in [-0.4, -0.2) is 37.2 Å². The van der Waals surface area contributed by atoms with Crippen molar-refractivity contribution in [1.29, 1.82) is 0 Å². The predicted octanol–water partition coefficient (Wildman–Crippen LogP) is 2.50. The molecule has 3 nitrogen and oxygen atoms in total. The summed E-state index contributed by atoms with van der Waals surface area (Å²) in [4.78, 5) is 2.47. The van der Waals surface area contributed by atoms with Crippen molar-refractivity contribution >= 4 is 0 Å². The van der Waals surface area contributed by atoms with Crippen LogP contribution in [0.5, 0.6) is 0 Å². The van der Waals surface area contributed by atoms with Gasteiger partial charge >= 0.3 is 0 Å². The second-order valence-corrected chi connectivity index (χ2v) is 6.32. The number of nitrogens with two attached hydrogens (primary N) is 1. The van der Waals surface area contributed by atoms with Crippen molar-refractivity contribution in [3.8, 4) is 0 Å². The molecule has 1 aliphatic carbocycles. The van der Waals surface area contributed by atoms with Crippen molar-refractivity contribution in [3.63, 3.8) is 0 Å². The predicted molar refractivity (Wildman–Crippen MR) is 81.7 cm³/mol. The van der Waals surface area contributed by atoms with Crippen LogP contribution < -0.4 is 5.73 Å². The highest BCUT2D eigenvalue weighted by atomic mass is 16.5. The van der Waals surface area contributed by atoms with E-state index in [0.29, 0.717) is 0 Å². The molecule has 1 aliphatic heterocycles. The van der Waals surface area contributed by atoms with E-state index in [0.717, 1.165) is 26.1 Å². The van der Waals surface area contributed by atoms with Crippen LogP contribution in [0, 0.1) is 0 Å². The Morgan fingerprint density at radius 2 is 2.05 bits per heavy atom. The Labute approximate surface area is 122 Å². The zero-order chi connectivity index (χ0) is 14.0. The summed E-state index contributed by atoms with van der Waals surface area (Å²) in [6.07, 6.45) is 6.32. The van der Waals surface area contributed by atoms with Crippen molar-refractivity contribution in [2.45, 2.75) is 43.7 Å². The maximum Gasteiger partial charge on any atom is 0.0954 e. The van der Waals surface area contributed by atoms with Gasteiger partial charge in [-0.15, -0.1) is 0 Å². The van der Waals surface area contributed by atoms with E-state index >= 15 is 0 Å². The molecule has 1 saturated carbocycles. The van der Waals surface area contributed by atoms with E-state index < -0.39 is 0 Å². The zero-order valence-electron chi connectivity index (χ0n) is 12.5. The number of likely N-dealkylation sites (N-methyl/N-ethyl adjacent to an activating group) is 1. The molecule has 3 rings (SSSR count). The van der Waals surface area contributed by atoms with Crippen molar-refractivity contribution in [2.24, 2.45) is 5.73 Å². The fourth-order valence-electron chi connectivity index (χ4n) is 3.85. The first kappa shape index (κ1) is 14.1. The number of fused-ring (bicyclic) bond motifs is 1. The van der Waals surface area contributed by atoms with Gasteiger partial charge < -0.3 is 10.5 Å². The normalized spacial score (nSPS) is 24.9. The summed E-state index contributed by atoms with van der Waals surface area (Å²) in [6.45, 7) is 2.55. The summed E-state index contributed by atoms with van der Waals surface area (Å²) in [7, 11) is 2.22. The first-order valence-corrected chi connectivity index (χ1v) is 7.86. The fourth-order valence-corrected chi connectivity index (χ4v) is 3.85. The number of nitrogens with zero attached hydrogens (tertiary/aromatic N) is 1. The van der Waals surface area contributed by atoms with Crippen LogP contribution in [-0.2, 0) is 11.2 Å². The summed E-state index contributed by atoms with van der Waals surface area (Å²) in [6, 6.07) is 8.70. The molecule has 0 aromatic heterocycles. The molecule has 20 heavy (non-hydrogen) atoms. The minimum absolute atomic E-state index is 0.203. The molecular weight excluding hydrogens is 248 g/mol. The molecule has 0 spiro atoms.